The summed E-state index contributed by atoms with van der Waals surface area (Å²) in [4.78, 5) is 13.8. The van der Waals surface area contributed by atoms with Crippen LogP contribution in [0.15, 0.2) is 0 Å². The zero-order valence-corrected chi connectivity index (χ0v) is 10.6. The average molecular weight is 214 g/mol. The Balaban J connectivity index is 4.19. The van der Waals surface area contributed by atoms with Crippen LogP contribution in [0.3, 0.4) is 0 Å². The predicted octanol–water partition coefficient (Wildman–Crippen LogP) is 2.15. The first-order valence-corrected chi connectivity index (χ1v) is 6.10. The Labute approximate surface area is 94.0 Å². The van der Waals surface area contributed by atoms with Gasteiger partial charge in [-0.25, -0.2) is 0 Å². The number of carbonyl (C=O) groups is 1. The molecule has 0 bridgehead atoms. The van der Waals surface area contributed by atoms with Crippen LogP contribution in [0.5, 0.6) is 0 Å². The van der Waals surface area contributed by atoms with Crippen molar-refractivity contribution in [3.8, 4) is 0 Å². The van der Waals surface area contributed by atoms with E-state index in [1.54, 1.807) is 0 Å². The largest absolute Gasteiger partial charge is 0.339 e. The molecule has 3 nitrogen and oxygen atoms in total. The first-order valence-electron chi connectivity index (χ1n) is 6.10. The first-order chi connectivity index (χ1) is 7.04. The van der Waals surface area contributed by atoms with E-state index in [0.29, 0.717) is 0 Å². The molecule has 1 amide bonds. The molecule has 0 aliphatic carbocycles. The van der Waals surface area contributed by atoms with Crippen molar-refractivity contribution in [2.75, 3.05) is 6.54 Å². The fourth-order valence-corrected chi connectivity index (χ4v) is 1.54. The van der Waals surface area contributed by atoms with Crippen LogP contribution in [0.1, 0.15) is 53.4 Å². The van der Waals surface area contributed by atoms with Crippen LogP contribution in [0.2, 0.25) is 0 Å². The molecular weight excluding hydrogens is 188 g/mol. The summed E-state index contributed by atoms with van der Waals surface area (Å²) >= 11 is 0. The second-order valence-corrected chi connectivity index (χ2v) is 4.35. The Morgan fingerprint density at radius 2 is 1.87 bits per heavy atom. The molecule has 0 aromatic rings. The summed E-state index contributed by atoms with van der Waals surface area (Å²) in [5.41, 5.74) is 5.77. The minimum absolute atomic E-state index is 0.101. The molecule has 0 saturated heterocycles. The lowest BCUT2D eigenvalue weighted by Crippen LogP contribution is -2.47. The Hall–Kier alpha value is -0.570. The monoisotopic (exact) mass is 214 g/mol. The Morgan fingerprint density at radius 3 is 2.27 bits per heavy atom. The smallest absolute Gasteiger partial charge is 0.239 e. The van der Waals surface area contributed by atoms with Crippen LogP contribution in [0.25, 0.3) is 0 Å². The fourth-order valence-electron chi connectivity index (χ4n) is 1.54. The minimum atomic E-state index is -0.325. The van der Waals surface area contributed by atoms with E-state index in [2.05, 4.69) is 6.92 Å². The van der Waals surface area contributed by atoms with Gasteiger partial charge in [-0.3, -0.25) is 4.79 Å². The van der Waals surface area contributed by atoms with E-state index in [9.17, 15) is 4.79 Å². The summed E-state index contributed by atoms with van der Waals surface area (Å²) in [5.74, 6) is 0.101. The van der Waals surface area contributed by atoms with Gasteiger partial charge in [-0.05, 0) is 26.7 Å². The highest BCUT2D eigenvalue weighted by atomic mass is 16.2. The van der Waals surface area contributed by atoms with Gasteiger partial charge in [0.25, 0.3) is 0 Å². The Morgan fingerprint density at radius 1 is 1.27 bits per heavy atom. The fraction of sp³-hybridized carbons (Fsp3) is 0.917. The quantitative estimate of drug-likeness (QED) is 0.660. The third-order valence-corrected chi connectivity index (χ3v) is 2.67. The predicted molar refractivity (Wildman–Crippen MR) is 64.6 cm³/mol. The first kappa shape index (κ1) is 14.4. The van der Waals surface area contributed by atoms with E-state index >= 15 is 0 Å². The van der Waals surface area contributed by atoms with Crippen molar-refractivity contribution in [1.29, 1.82) is 0 Å². The van der Waals surface area contributed by atoms with E-state index in [0.717, 1.165) is 19.4 Å². The van der Waals surface area contributed by atoms with Crippen LogP contribution in [0.4, 0.5) is 0 Å². The van der Waals surface area contributed by atoms with Gasteiger partial charge in [0.2, 0.25) is 5.91 Å². The van der Waals surface area contributed by atoms with Crippen LogP contribution in [-0.2, 0) is 4.79 Å². The van der Waals surface area contributed by atoms with Crippen molar-refractivity contribution < 1.29 is 4.79 Å². The molecule has 0 spiro atoms. The van der Waals surface area contributed by atoms with E-state index in [1.807, 2.05) is 25.7 Å². The maximum Gasteiger partial charge on any atom is 0.239 e. The number of unbranched alkanes of at least 4 members (excludes halogenated alkanes) is 2. The summed E-state index contributed by atoms with van der Waals surface area (Å²) in [6, 6.07) is -0.0685. The van der Waals surface area contributed by atoms with Gasteiger partial charge < -0.3 is 10.6 Å². The number of rotatable bonds is 7. The molecular formula is C12H26N2O. The molecule has 3 heteroatoms. The van der Waals surface area contributed by atoms with Gasteiger partial charge in [-0.15, -0.1) is 0 Å². The maximum absolute atomic E-state index is 11.9. The molecule has 0 aromatic heterocycles. The normalized spacial score (nSPS) is 12.9. The number of nitrogens with zero attached hydrogens (tertiary/aromatic N) is 1. The number of hydrogen-bond donors (Lipinski definition) is 1. The van der Waals surface area contributed by atoms with Crippen LogP contribution < -0.4 is 5.73 Å². The summed E-state index contributed by atoms with van der Waals surface area (Å²) in [6.07, 6.45) is 4.16. The number of hydrogen-bond acceptors (Lipinski definition) is 2. The van der Waals surface area contributed by atoms with E-state index in [4.69, 9.17) is 5.73 Å². The summed E-state index contributed by atoms with van der Waals surface area (Å²) in [6.45, 7) is 9.06. The van der Waals surface area contributed by atoms with Gasteiger partial charge in [-0.1, -0.05) is 26.7 Å². The third kappa shape index (κ3) is 5.17. The number of amides is 1. The Kier molecular flexibility index (Phi) is 7.39. The highest BCUT2D eigenvalue weighted by Gasteiger charge is 2.21. The van der Waals surface area contributed by atoms with Crippen molar-refractivity contribution in [3.63, 3.8) is 0 Å². The van der Waals surface area contributed by atoms with E-state index < -0.39 is 0 Å². The number of nitrogens with two attached hydrogens (primary N) is 1. The van der Waals surface area contributed by atoms with Crippen molar-refractivity contribution in [3.05, 3.63) is 0 Å². The van der Waals surface area contributed by atoms with Crippen molar-refractivity contribution in [2.24, 2.45) is 5.73 Å². The molecule has 0 rings (SSSR count). The standard InChI is InChI=1S/C12H26N2O/c1-5-7-8-9-14(10(3)4)12(15)11(13)6-2/h10-11H,5-9,13H2,1-4H3/t11-/m0/s1. The lowest BCUT2D eigenvalue weighted by Gasteiger charge is -2.29. The van der Waals surface area contributed by atoms with E-state index in [-0.39, 0.29) is 18.0 Å². The third-order valence-electron chi connectivity index (χ3n) is 2.67. The Bertz CT molecular complexity index is 180. The molecule has 90 valence electrons. The van der Waals surface area contributed by atoms with Crippen LogP contribution in [0, 0.1) is 0 Å². The van der Waals surface area contributed by atoms with Gasteiger partial charge in [-0.2, -0.15) is 0 Å². The van der Waals surface area contributed by atoms with Gasteiger partial charge in [0.15, 0.2) is 0 Å². The summed E-state index contributed by atoms with van der Waals surface area (Å²) < 4.78 is 0. The molecule has 0 heterocycles. The minimum Gasteiger partial charge on any atom is -0.339 e. The van der Waals surface area contributed by atoms with Gasteiger partial charge in [0.1, 0.15) is 0 Å². The van der Waals surface area contributed by atoms with Crippen molar-refractivity contribution >= 4 is 5.91 Å². The average Bonchev–Trinajstić information content (AvgIpc) is 2.22. The second-order valence-electron chi connectivity index (χ2n) is 4.35. The lowest BCUT2D eigenvalue weighted by atomic mass is 10.1. The van der Waals surface area contributed by atoms with Gasteiger partial charge in [0, 0.05) is 12.6 Å². The SMILES string of the molecule is CCCCCN(C(=O)[C@@H](N)CC)C(C)C. The zero-order chi connectivity index (χ0) is 11.8. The molecule has 0 unspecified atom stereocenters. The molecule has 0 radical (unpaired) electrons. The molecule has 0 aromatic carbocycles. The van der Waals surface area contributed by atoms with Crippen molar-refractivity contribution in [2.45, 2.75) is 65.5 Å². The van der Waals surface area contributed by atoms with Crippen LogP contribution in [-0.4, -0.2) is 29.4 Å². The molecule has 2 N–H and O–H groups in total. The molecule has 0 aliphatic rings. The van der Waals surface area contributed by atoms with Crippen molar-refractivity contribution in [1.82, 2.24) is 4.90 Å². The lowest BCUT2D eigenvalue weighted by molar-refractivity contribution is -0.134. The van der Waals surface area contributed by atoms with Gasteiger partial charge >= 0.3 is 0 Å². The number of carbonyl (C=O) groups excluding carboxylic acids is 1. The molecule has 0 saturated carbocycles. The zero-order valence-electron chi connectivity index (χ0n) is 10.6. The summed E-state index contributed by atoms with van der Waals surface area (Å²) in [5, 5.41) is 0. The van der Waals surface area contributed by atoms with Gasteiger partial charge in [0.05, 0.1) is 6.04 Å². The molecule has 15 heavy (non-hydrogen) atoms. The highest BCUT2D eigenvalue weighted by molar-refractivity contribution is 5.81. The highest BCUT2D eigenvalue weighted by Crippen LogP contribution is 2.06. The molecule has 0 aliphatic heterocycles. The van der Waals surface area contributed by atoms with Crippen LogP contribution >= 0.6 is 0 Å². The summed E-state index contributed by atoms with van der Waals surface area (Å²) in [7, 11) is 0. The topological polar surface area (TPSA) is 46.3 Å². The second kappa shape index (κ2) is 7.69. The molecule has 0 fully saturated rings. The molecule has 1 atom stereocenters. The maximum atomic E-state index is 11.9. The van der Waals surface area contributed by atoms with E-state index in [1.165, 1.54) is 12.8 Å².